The van der Waals surface area contributed by atoms with E-state index in [-0.39, 0.29) is 18.0 Å². The van der Waals surface area contributed by atoms with Gasteiger partial charge in [-0.3, -0.25) is 0 Å². The predicted molar refractivity (Wildman–Crippen MR) is 67.8 cm³/mol. The summed E-state index contributed by atoms with van der Waals surface area (Å²) >= 11 is 0. The molecule has 3 rings (SSSR count). The number of hydrogen-bond donors (Lipinski definition) is 1. The lowest BCUT2D eigenvalue weighted by Gasteiger charge is -2.27. The molecule has 2 atom stereocenters. The minimum Gasteiger partial charge on any atom is -0.393 e. The van der Waals surface area contributed by atoms with Crippen molar-refractivity contribution in [3.05, 3.63) is 47.8 Å². The van der Waals surface area contributed by atoms with Gasteiger partial charge in [-0.15, -0.1) is 0 Å². The molecule has 2 unspecified atom stereocenters. The first-order chi connectivity index (χ1) is 8.75. The number of aliphatic hydroxyl groups is 1. The Kier molecular flexibility index (Phi) is 3.02. The molecule has 0 aliphatic carbocycles. The van der Waals surface area contributed by atoms with Crippen molar-refractivity contribution < 1.29 is 14.2 Å². The SMILES string of the molecule is OC1CCOC(c2ccc(F)c3ccccc23)C1. The number of rotatable bonds is 1. The monoisotopic (exact) mass is 246 g/mol. The van der Waals surface area contributed by atoms with E-state index in [1.165, 1.54) is 6.07 Å². The summed E-state index contributed by atoms with van der Waals surface area (Å²) in [4.78, 5) is 0. The molecule has 1 N–H and O–H groups in total. The summed E-state index contributed by atoms with van der Waals surface area (Å²) < 4.78 is 19.4. The molecule has 3 heteroatoms. The Morgan fingerprint density at radius 3 is 2.67 bits per heavy atom. The Morgan fingerprint density at radius 2 is 1.89 bits per heavy atom. The fourth-order valence-corrected chi connectivity index (χ4v) is 2.56. The molecule has 1 saturated heterocycles. The van der Waals surface area contributed by atoms with Crippen LogP contribution in [-0.4, -0.2) is 17.8 Å². The van der Waals surface area contributed by atoms with Crippen LogP contribution in [0, 0.1) is 5.82 Å². The van der Waals surface area contributed by atoms with Gasteiger partial charge in [0.1, 0.15) is 5.82 Å². The number of aliphatic hydroxyl groups excluding tert-OH is 1. The standard InChI is InChI=1S/C15H15FO2/c16-14-6-5-13(11-3-1-2-4-12(11)14)15-9-10(17)7-8-18-15/h1-6,10,15,17H,7-9H2. The van der Waals surface area contributed by atoms with Crippen LogP contribution < -0.4 is 0 Å². The number of halogens is 1. The van der Waals surface area contributed by atoms with Gasteiger partial charge in [0.05, 0.1) is 12.2 Å². The van der Waals surface area contributed by atoms with Gasteiger partial charge in [0, 0.05) is 18.4 Å². The van der Waals surface area contributed by atoms with Gasteiger partial charge in [0.25, 0.3) is 0 Å². The van der Waals surface area contributed by atoms with Gasteiger partial charge in [-0.1, -0.05) is 30.3 Å². The maximum atomic E-state index is 13.7. The van der Waals surface area contributed by atoms with Gasteiger partial charge in [0.2, 0.25) is 0 Å². The van der Waals surface area contributed by atoms with Crippen molar-refractivity contribution in [3.63, 3.8) is 0 Å². The summed E-state index contributed by atoms with van der Waals surface area (Å²) in [6, 6.07) is 10.6. The largest absolute Gasteiger partial charge is 0.393 e. The number of ether oxygens (including phenoxy) is 1. The van der Waals surface area contributed by atoms with Crippen molar-refractivity contribution in [2.75, 3.05) is 6.61 Å². The van der Waals surface area contributed by atoms with Crippen LogP contribution in [0.15, 0.2) is 36.4 Å². The van der Waals surface area contributed by atoms with Crippen LogP contribution in [0.4, 0.5) is 4.39 Å². The zero-order valence-corrected chi connectivity index (χ0v) is 9.97. The third-order valence-electron chi connectivity index (χ3n) is 3.51. The van der Waals surface area contributed by atoms with Crippen LogP contribution in [-0.2, 0) is 4.74 Å². The molecule has 1 aliphatic heterocycles. The van der Waals surface area contributed by atoms with Crippen molar-refractivity contribution >= 4 is 10.8 Å². The van der Waals surface area contributed by atoms with Crippen LogP contribution >= 0.6 is 0 Å². The van der Waals surface area contributed by atoms with Crippen molar-refractivity contribution in [3.8, 4) is 0 Å². The van der Waals surface area contributed by atoms with Crippen molar-refractivity contribution in [1.82, 2.24) is 0 Å². The van der Waals surface area contributed by atoms with Crippen molar-refractivity contribution in [1.29, 1.82) is 0 Å². The number of benzene rings is 2. The topological polar surface area (TPSA) is 29.5 Å². The molecule has 0 spiro atoms. The van der Waals surface area contributed by atoms with Gasteiger partial charge in [-0.05, 0) is 23.4 Å². The van der Waals surface area contributed by atoms with E-state index >= 15 is 0 Å². The molecule has 2 aromatic carbocycles. The number of fused-ring (bicyclic) bond motifs is 1. The Balaban J connectivity index is 2.09. The average molecular weight is 246 g/mol. The van der Waals surface area contributed by atoms with Gasteiger partial charge < -0.3 is 9.84 Å². The molecule has 1 heterocycles. The summed E-state index contributed by atoms with van der Waals surface area (Å²) in [6.45, 7) is 0.553. The molecule has 0 bridgehead atoms. The molecule has 0 radical (unpaired) electrons. The van der Waals surface area contributed by atoms with Crippen molar-refractivity contribution in [2.24, 2.45) is 0 Å². The van der Waals surface area contributed by atoms with E-state index in [4.69, 9.17) is 4.74 Å². The Hall–Kier alpha value is -1.45. The van der Waals surface area contributed by atoms with E-state index in [2.05, 4.69) is 0 Å². The van der Waals surface area contributed by atoms with E-state index in [9.17, 15) is 9.50 Å². The molecule has 0 saturated carbocycles. The Labute approximate surface area is 105 Å². The van der Waals surface area contributed by atoms with Gasteiger partial charge in [-0.25, -0.2) is 4.39 Å². The van der Waals surface area contributed by atoms with Crippen molar-refractivity contribution in [2.45, 2.75) is 25.0 Å². The number of hydrogen-bond acceptors (Lipinski definition) is 2. The van der Waals surface area contributed by atoms with Crippen LogP contribution in [0.1, 0.15) is 24.5 Å². The lowest BCUT2D eigenvalue weighted by molar-refractivity contribution is -0.0441. The molecule has 2 aromatic rings. The Morgan fingerprint density at radius 1 is 1.11 bits per heavy atom. The highest BCUT2D eigenvalue weighted by molar-refractivity contribution is 5.86. The first kappa shape index (κ1) is 11.6. The van der Waals surface area contributed by atoms with Crippen LogP contribution in [0.2, 0.25) is 0 Å². The summed E-state index contributed by atoms with van der Waals surface area (Å²) in [5, 5.41) is 11.2. The quantitative estimate of drug-likeness (QED) is 0.837. The summed E-state index contributed by atoms with van der Waals surface area (Å²) in [5.41, 5.74) is 0.964. The minimum atomic E-state index is -0.326. The molecular weight excluding hydrogens is 231 g/mol. The first-order valence-corrected chi connectivity index (χ1v) is 6.22. The fourth-order valence-electron chi connectivity index (χ4n) is 2.56. The second kappa shape index (κ2) is 4.67. The maximum absolute atomic E-state index is 13.7. The molecular formula is C15H15FO2. The zero-order valence-electron chi connectivity index (χ0n) is 9.97. The molecule has 0 aromatic heterocycles. The summed E-state index contributed by atoms with van der Waals surface area (Å²) in [5.74, 6) is -0.217. The molecule has 0 amide bonds. The van der Waals surface area contributed by atoms with Gasteiger partial charge in [-0.2, -0.15) is 0 Å². The van der Waals surface area contributed by atoms with Crippen LogP contribution in [0.25, 0.3) is 10.8 Å². The predicted octanol–water partition coefficient (Wildman–Crippen LogP) is 3.19. The van der Waals surface area contributed by atoms with Crippen LogP contribution in [0.5, 0.6) is 0 Å². The molecule has 18 heavy (non-hydrogen) atoms. The second-order valence-corrected chi connectivity index (χ2v) is 4.72. The van der Waals surface area contributed by atoms with E-state index < -0.39 is 0 Å². The molecule has 1 aliphatic rings. The fraction of sp³-hybridized carbons (Fsp3) is 0.333. The van der Waals surface area contributed by atoms with E-state index in [0.717, 1.165) is 10.9 Å². The highest BCUT2D eigenvalue weighted by atomic mass is 19.1. The van der Waals surface area contributed by atoms with Gasteiger partial charge >= 0.3 is 0 Å². The third-order valence-corrected chi connectivity index (χ3v) is 3.51. The summed E-state index contributed by atoms with van der Waals surface area (Å²) in [6.07, 6.45) is 0.789. The lowest BCUT2D eigenvalue weighted by Crippen LogP contribution is -2.23. The lowest BCUT2D eigenvalue weighted by atomic mass is 9.94. The van der Waals surface area contributed by atoms with Gasteiger partial charge in [0.15, 0.2) is 0 Å². The minimum absolute atomic E-state index is 0.140. The normalized spacial score (nSPS) is 24.3. The third kappa shape index (κ3) is 2.00. The van der Waals surface area contributed by atoms with Crippen LogP contribution in [0.3, 0.4) is 0 Å². The maximum Gasteiger partial charge on any atom is 0.131 e. The van der Waals surface area contributed by atoms with E-state index in [0.29, 0.717) is 24.8 Å². The van der Waals surface area contributed by atoms with E-state index in [1.54, 1.807) is 12.1 Å². The highest BCUT2D eigenvalue weighted by Crippen LogP contribution is 2.33. The van der Waals surface area contributed by atoms with E-state index in [1.807, 2.05) is 18.2 Å². The summed E-state index contributed by atoms with van der Waals surface area (Å²) in [7, 11) is 0. The molecule has 1 fully saturated rings. The zero-order chi connectivity index (χ0) is 12.5. The molecule has 2 nitrogen and oxygen atoms in total. The average Bonchev–Trinajstić information content (AvgIpc) is 2.39. The smallest absolute Gasteiger partial charge is 0.131 e. The Bertz CT molecular complexity index is 567. The molecule has 94 valence electrons. The second-order valence-electron chi connectivity index (χ2n) is 4.72. The first-order valence-electron chi connectivity index (χ1n) is 6.22. The highest BCUT2D eigenvalue weighted by Gasteiger charge is 2.24.